The third-order valence-corrected chi connectivity index (χ3v) is 10.6. The van der Waals surface area contributed by atoms with Crippen LogP contribution in [-0.2, 0) is 22.9 Å². The Kier molecular flexibility index (Phi) is 12.6. The summed E-state index contributed by atoms with van der Waals surface area (Å²) in [4.78, 5) is 0. The van der Waals surface area contributed by atoms with Crippen LogP contribution in [-0.4, -0.2) is 0 Å². The van der Waals surface area contributed by atoms with Gasteiger partial charge in [0.05, 0.1) is 0 Å². The minimum absolute atomic E-state index is 0. The number of hydrogen-bond donors (Lipinski definition) is 0. The van der Waals surface area contributed by atoms with Gasteiger partial charge >= 0.3 is 143 Å². The van der Waals surface area contributed by atoms with E-state index in [9.17, 15) is 0 Å². The molecule has 128 valence electrons. The quantitative estimate of drug-likeness (QED) is 0.356. The molecule has 0 aromatic rings. The Morgan fingerprint density at radius 2 is 1.17 bits per heavy atom. The van der Waals surface area contributed by atoms with E-state index in [0.29, 0.717) is 0 Å². The second kappa shape index (κ2) is 12.2. The summed E-state index contributed by atoms with van der Waals surface area (Å²) in [5, 5.41) is 0. The first-order chi connectivity index (χ1) is 10.2. The molecule has 2 aliphatic rings. The number of halogens is 2. The molecule has 0 aromatic carbocycles. The van der Waals surface area contributed by atoms with Gasteiger partial charge in [0.2, 0.25) is 0 Å². The third-order valence-electron chi connectivity index (χ3n) is 4.77. The molecule has 0 saturated carbocycles. The van der Waals surface area contributed by atoms with Crippen LogP contribution in [0, 0.1) is 0 Å². The van der Waals surface area contributed by atoms with Crippen molar-refractivity contribution in [1.29, 1.82) is 0 Å². The van der Waals surface area contributed by atoms with Crippen molar-refractivity contribution in [2.75, 3.05) is 0 Å². The molecule has 0 spiro atoms. The maximum atomic E-state index is 2.49. The van der Waals surface area contributed by atoms with Crippen molar-refractivity contribution >= 4 is 0 Å². The monoisotopic (exact) mass is 608 g/mol. The molecule has 0 bridgehead atoms. The van der Waals surface area contributed by atoms with E-state index in [2.05, 4.69) is 39.8 Å². The van der Waals surface area contributed by atoms with E-state index in [1.54, 1.807) is 22.3 Å². The van der Waals surface area contributed by atoms with Crippen molar-refractivity contribution in [3.05, 3.63) is 41.1 Å². The SMILES string of the molecule is CCCCC1=[C]([Hf+2][C]2=C(CCCC)C(C)=CC2)CC=C1C.[Br-].[Br-]. The molecule has 3 heteroatoms. The molecule has 2 rings (SSSR count). The zero-order valence-electron chi connectivity index (χ0n) is 15.1. The van der Waals surface area contributed by atoms with Crippen LogP contribution in [0.4, 0.5) is 0 Å². The molecule has 0 fully saturated rings. The van der Waals surface area contributed by atoms with E-state index >= 15 is 0 Å². The van der Waals surface area contributed by atoms with Crippen molar-refractivity contribution in [1.82, 2.24) is 0 Å². The topological polar surface area (TPSA) is 0 Å². The number of unbranched alkanes of at least 4 members (excludes halogenated alkanes) is 2. The summed E-state index contributed by atoms with van der Waals surface area (Å²) in [5.41, 5.74) is 6.74. The molecule has 0 atom stereocenters. The van der Waals surface area contributed by atoms with Gasteiger partial charge in [-0.15, -0.1) is 0 Å². The summed E-state index contributed by atoms with van der Waals surface area (Å²) >= 11 is -0.768. The summed E-state index contributed by atoms with van der Waals surface area (Å²) in [6.45, 7) is 9.30. The maximum absolute atomic E-state index is 2.49. The van der Waals surface area contributed by atoms with Gasteiger partial charge in [-0.05, 0) is 0 Å². The molecule has 2 aliphatic carbocycles. The van der Waals surface area contributed by atoms with Crippen LogP contribution in [0.3, 0.4) is 0 Å². The molecule has 0 aliphatic heterocycles. The predicted octanol–water partition coefficient (Wildman–Crippen LogP) is 0.666. The Morgan fingerprint density at radius 3 is 1.52 bits per heavy atom. The van der Waals surface area contributed by atoms with Gasteiger partial charge in [0.25, 0.3) is 0 Å². The van der Waals surface area contributed by atoms with E-state index in [-0.39, 0.29) is 34.0 Å². The van der Waals surface area contributed by atoms with Crippen molar-refractivity contribution in [2.45, 2.75) is 79.1 Å². The summed E-state index contributed by atoms with van der Waals surface area (Å²) in [6.07, 6.45) is 15.6. The summed E-state index contributed by atoms with van der Waals surface area (Å²) in [6, 6.07) is 0. The van der Waals surface area contributed by atoms with Crippen LogP contribution >= 0.6 is 0 Å². The molecule has 0 radical (unpaired) electrons. The molecular formula is C20H30Br2Hf. The van der Waals surface area contributed by atoms with Crippen molar-refractivity contribution in [3.63, 3.8) is 0 Å². The molecule has 0 unspecified atom stereocenters. The first-order valence-electron chi connectivity index (χ1n) is 8.72. The van der Waals surface area contributed by atoms with Gasteiger partial charge in [-0.3, -0.25) is 0 Å². The van der Waals surface area contributed by atoms with Gasteiger partial charge in [0.1, 0.15) is 0 Å². The standard InChI is InChI=1S/2C10H15.2BrH.Hf/c2*1-3-4-7-10-8-5-6-9(10)2;;;/h2*6H,3-5,7H2,1-2H3;2*1H;/q;;;;+2/p-2. The van der Waals surface area contributed by atoms with E-state index < -0.39 is 22.9 Å². The van der Waals surface area contributed by atoms with Gasteiger partial charge in [-0.1, -0.05) is 0 Å². The average Bonchev–Trinajstić information content (AvgIpc) is 2.99. The minimum Gasteiger partial charge on any atom is -1.00 e. The second-order valence-electron chi connectivity index (χ2n) is 6.43. The molecule has 0 saturated heterocycles. The Labute approximate surface area is 175 Å². The van der Waals surface area contributed by atoms with Crippen LogP contribution in [0.5, 0.6) is 0 Å². The van der Waals surface area contributed by atoms with Gasteiger partial charge in [0, 0.05) is 0 Å². The minimum atomic E-state index is -0.768. The van der Waals surface area contributed by atoms with Gasteiger partial charge in [0.15, 0.2) is 0 Å². The Balaban J connectivity index is 0.00000242. The van der Waals surface area contributed by atoms with Crippen LogP contribution in [0.1, 0.15) is 79.1 Å². The van der Waals surface area contributed by atoms with E-state index in [4.69, 9.17) is 0 Å². The van der Waals surface area contributed by atoms with Crippen LogP contribution in [0.15, 0.2) is 41.1 Å². The molecule has 0 aromatic heterocycles. The van der Waals surface area contributed by atoms with E-state index in [1.165, 1.54) is 51.4 Å². The Hall–Kier alpha value is 0.790. The maximum Gasteiger partial charge on any atom is -1.00 e. The molecule has 23 heavy (non-hydrogen) atoms. The van der Waals surface area contributed by atoms with Gasteiger partial charge < -0.3 is 34.0 Å². The molecule has 0 N–H and O–H groups in total. The van der Waals surface area contributed by atoms with Crippen molar-refractivity contribution in [3.8, 4) is 0 Å². The molecule has 0 nitrogen and oxygen atoms in total. The first kappa shape index (κ1) is 23.8. The Morgan fingerprint density at radius 1 is 0.783 bits per heavy atom. The predicted molar refractivity (Wildman–Crippen MR) is 89.9 cm³/mol. The zero-order valence-corrected chi connectivity index (χ0v) is 21.8. The second-order valence-corrected chi connectivity index (χ2v) is 11.7. The van der Waals surface area contributed by atoms with Crippen molar-refractivity contribution in [2.24, 2.45) is 0 Å². The van der Waals surface area contributed by atoms with E-state index in [1.807, 2.05) is 6.66 Å². The fraction of sp³-hybridized carbons (Fsp3) is 0.600. The first-order valence-corrected chi connectivity index (χ1v) is 12.3. The normalized spacial score (nSPS) is 16.7. The summed E-state index contributed by atoms with van der Waals surface area (Å²) < 4.78 is 3.82. The van der Waals surface area contributed by atoms with Crippen LogP contribution in [0.2, 0.25) is 0 Å². The van der Waals surface area contributed by atoms with E-state index in [0.717, 1.165) is 0 Å². The third kappa shape index (κ3) is 6.55. The smallest absolute Gasteiger partial charge is 1.00 e. The number of rotatable bonds is 8. The van der Waals surface area contributed by atoms with Crippen LogP contribution < -0.4 is 34.0 Å². The fourth-order valence-corrected chi connectivity index (χ4v) is 9.49. The molecule has 0 heterocycles. The fourth-order valence-electron chi connectivity index (χ4n) is 3.32. The van der Waals surface area contributed by atoms with Gasteiger partial charge in [-0.25, -0.2) is 0 Å². The van der Waals surface area contributed by atoms with Crippen LogP contribution in [0.25, 0.3) is 0 Å². The number of allylic oxidation sites excluding steroid dienone is 8. The van der Waals surface area contributed by atoms with Gasteiger partial charge in [-0.2, -0.15) is 0 Å². The number of hydrogen-bond acceptors (Lipinski definition) is 0. The summed E-state index contributed by atoms with van der Waals surface area (Å²) in [5.74, 6) is 0. The van der Waals surface area contributed by atoms with Crippen molar-refractivity contribution < 1.29 is 56.9 Å². The largest absolute Gasteiger partial charge is 1.00 e. The summed E-state index contributed by atoms with van der Waals surface area (Å²) in [7, 11) is 0. The molecule has 0 amide bonds. The molecular weight excluding hydrogens is 579 g/mol. The zero-order chi connectivity index (χ0) is 15.2. The Bertz CT molecular complexity index is 464. The average molecular weight is 609 g/mol.